The summed E-state index contributed by atoms with van der Waals surface area (Å²) >= 11 is 0. The van der Waals surface area contributed by atoms with Crippen molar-refractivity contribution in [2.24, 2.45) is 11.7 Å². The topological polar surface area (TPSA) is 60.2 Å². The van der Waals surface area contributed by atoms with Crippen molar-refractivity contribution in [3.63, 3.8) is 0 Å². The maximum atomic E-state index is 10.5. The third kappa shape index (κ3) is 7.50. The van der Waals surface area contributed by atoms with Gasteiger partial charge in [0.25, 0.3) is 0 Å². The molecular formula is C10H19NO2. The molecule has 0 rings (SSSR count). The van der Waals surface area contributed by atoms with E-state index < -0.39 is 0 Å². The largest absolute Gasteiger partial charge is 0.370 e. The summed E-state index contributed by atoms with van der Waals surface area (Å²) in [6.07, 6.45) is 5.89. The van der Waals surface area contributed by atoms with E-state index in [9.17, 15) is 9.59 Å². The molecule has 0 aromatic rings. The molecule has 1 amide bonds. The van der Waals surface area contributed by atoms with Crippen LogP contribution in [0, 0.1) is 5.92 Å². The fourth-order valence-corrected chi connectivity index (χ4v) is 1.49. The van der Waals surface area contributed by atoms with Gasteiger partial charge in [-0.05, 0) is 18.8 Å². The van der Waals surface area contributed by atoms with E-state index in [0.717, 1.165) is 32.0 Å². The summed E-state index contributed by atoms with van der Waals surface area (Å²) in [5, 5.41) is 0. The van der Waals surface area contributed by atoms with Crippen LogP contribution < -0.4 is 5.73 Å². The lowest BCUT2D eigenvalue weighted by Gasteiger charge is -2.12. The first-order valence-corrected chi connectivity index (χ1v) is 4.92. The molecule has 0 aliphatic rings. The number of rotatable bonds is 8. The molecule has 0 radical (unpaired) electrons. The van der Waals surface area contributed by atoms with Crippen LogP contribution in [-0.2, 0) is 9.59 Å². The number of carbonyl (C=O) groups excluding carboxylic acids is 2. The molecule has 0 heterocycles. The van der Waals surface area contributed by atoms with E-state index >= 15 is 0 Å². The molecule has 0 saturated heterocycles. The van der Waals surface area contributed by atoms with E-state index in [-0.39, 0.29) is 5.91 Å². The maximum absolute atomic E-state index is 10.5. The minimum atomic E-state index is -0.243. The molecular weight excluding hydrogens is 166 g/mol. The fourth-order valence-electron chi connectivity index (χ4n) is 1.49. The summed E-state index contributed by atoms with van der Waals surface area (Å²) in [4.78, 5) is 20.7. The van der Waals surface area contributed by atoms with Crippen molar-refractivity contribution in [3.8, 4) is 0 Å². The van der Waals surface area contributed by atoms with Gasteiger partial charge in [-0.25, -0.2) is 0 Å². The summed E-state index contributed by atoms with van der Waals surface area (Å²) in [6, 6.07) is 0. The molecule has 0 saturated carbocycles. The summed E-state index contributed by atoms with van der Waals surface area (Å²) < 4.78 is 0. The molecule has 2 N–H and O–H groups in total. The molecule has 0 bridgehead atoms. The normalized spacial score (nSPS) is 12.4. The Morgan fingerprint density at radius 2 is 2.08 bits per heavy atom. The number of hydrogen-bond donors (Lipinski definition) is 1. The third-order valence-electron chi connectivity index (χ3n) is 2.19. The Morgan fingerprint density at radius 1 is 1.38 bits per heavy atom. The van der Waals surface area contributed by atoms with Gasteiger partial charge in [0.2, 0.25) is 5.91 Å². The van der Waals surface area contributed by atoms with Gasteiger partial charge in [0.15, 0.2) is 0 Å². The average Bonchev–Trinajstić information content (AvgIpc) is 2.09. The fraction of sp³-hybridized carbons (Fsp3) is 0.800. The molecule has 0 aromatic carbocycles. The van der Waals surface area contributed by atoms with Crippen molar-refractivity contribution in [2.45, 2.75) is 45.4 Å². The standard InChI is InChI=1S/C10H19NO2/c1-2-4-9(5-3-8-12)6-7-10(11)13/h8-9H,2-7H2,1H3,(H2,11,13). The molecule has 76 valence electrons. The zero-order valence-electron chi connectivity index (χ0n) is 8.29. The number of amides is 1. The Balaban J connectivity index is 3.65. The summed E-state index contributed by atoms with van der Waals surface area (Å²) in [7, 11) is 0. The molecule has 0 aliphatic heterocycles. The molecule has 0 spiro atoms. The van der Waals surface area contributed by atoms with Gasteiger partial charge in [0, 0.05) is 12.8 Å². The van der Waals surface area contributed by atoms with Gasteiger partial charge in [-0.3, -0.25) is 4.79 Å². The van der Waals surface area contributed by atoms with Gasteiger partial charge in [-0.1, -0.05) is 19.8 Å². The monoisotopic (exact) mass is 185 g/mol. The predicted octanol–water partition coefficient (Wildman–Crippen LogP) is 1.65. The molecule has 3 heteroatoms. The Morgan fingerprint density at radius 3 is 2.54 bits per heavy atom. The van der Waals surface area contributed by atoms with Crippen LogP contribution in [0.5, 0.6) is 0 Å². The number of nitrogens with two attached hydrogens (primary N) is 1. The van der Waals surface area contributed by atoms with Crippen LogP contribution in [0.15, 0.2) is 0 Å². The molecule has 0 aromatic heterocycles. The minimum Gasteiger partial charge on any atom is -0.370 e. The van der Waals surface area contributed by atoms with Crippen LogP contribution in [0.3, 0.4) is 0 Å². The highest BCUT2D eigenvalue weighted by molar-refractivity contribution is 5.73. The van der Waals surface area contributed by atoms with Crippen molar-refractivity contribution in [1.82, 2.24) is 0 Å². The lowest BCUT2D eigenvalue weighted by Crippen LogP contribution is -2.13. The Labute approximate surface area is 79.7 Å². The molecule has 1 unspecified atom stereocenters. The van der Waals surface area contributed by atoms with Gasteiger partial charge >= 0.3 is 0 Å². The summed E-state index contributed by atoms with van der Waals surface area (Å²) in [5.41, 5.74) is 5.06. The van der Waals surface area contributed by atoms with Crippen LogP contribution in [-0.4, -0.2) is 12.2 Å². The van der Waals surface area contributed by atoms with Crippen molar-refractivity contribution < 1.29 is 9.59 Å². The van der Waals surface area contributed by atoms with Gasteiger partial charge in [0.1, 0.15) is 6.29 Å². The predicted molar refractivity (Wildman–Crippen MR) is 52.1 cm³/mol. The van der Waals surface area contributed by atoms with E-state index in [1.54, 1.807) is 0 Å². The number of primary amides is 1. The smallest absolute Gasteiger partial charge is 0.217 e. The van der Waals surface area contributed by atoms with E-state index in [2.05, 4.69) is 6.92 Å². The van der Waals surface area contributed by atoms with Gasteiger partial charge < -0.3 is 10.5 Å². The number of aldehydes is 1. The van der Waals surface area contributed by atoms with Crippen molar-refractivity contribution in [3.05, 3.63) is 0 Å². The third-order valence-corrected chi connectivity index (χ3v) is 2.19. The van der Waals surface area contributed by atoms with Crippen LogP contribution in [0.2, 0.25) is 0 Å². The van der Waals surface area contributed by atoms with E-state index in [1.165, 1.54) is 0 Å². The Kier molecular flexibility index (Phi) is 7.26. The minimum absolute atomic E-state index is 0.243. The highest BCUT2D eigenvalue weighted by atomic mass is 16.1. The Hall–Kier alpha value is -0.860. The van der Waals surface area contributed by atoms with Crippen LogP contribution >= 0.6 is 0 Å². The van der Waals surface area contributed by atoms with Gasteiger partial charge in [-0.15, -0.1) is 0 Å². The maximum Gasteiger partial charge on any atom is 0.217 e. The van der Waals surface area contributed by atoms with Crippen molar-refractivity contribution in [1.29, 1.82) is 0 Å². The average molecular weight is 185 g/mol. The Bertz CT molecular complexity index is 157. The van der Waals surface area contributed by atoms with Crippen LogP contribution in [0.4, 0.5) is 0 Å². The second-order valence-electron chi connectivity index (χ2n) is 3.40. The van der Waals surface area contributed by atoms with Crippen LogP contribution in [0.25, 0.3) is 0 Å². The zero-order chi connectivity index (χ0) is 10.1. The van der Waals surface area contributed by atoms with Gasteiger partial charge in [0.05, 0.1) is 0 Å². The zero-order valence-corrected chi connectivity index (χ0v) is 8.29. The second-order valence-corrected chi connectivity index (χ2v) is 3.40. The first-order valence-electron chi connectivity index (χ1n) is 4.92. The first-order chi connectivity index (χ1) is 6.20. The van der Waals surface area contributed by atoms with Crippen molar-refractivity contribution >= 4 is 12.2 Å². The van der Waals surface area contributed by atoms with E-state index in [0.29, 0.717) is 18.8 Å². The van der Waals surface area contributed by atoms with E-state index in [4.69, 9.17) is 5.73 Å². The highest BCUT2D eigenvalue weighted by Crippen LogP contribution is 2.18. The van der Waals surface area contributed by atoms with Gasteiger partial charge in [-0.2, -0.15) is 0 Å². The number of hydrogen-bond acceptors (Lipinski definition) is 2. The molecule has 3 nitrogen and oxygen atoms in total. The van der Waals surface area contributed by atoms with Crippen molar-refractivity contribution in [2.75, 3.05) is 0 Å². The summed E-state index contributed by atoms with van der Waals surface area (Å²) in [6.45, 7) is 2.11. The van der Waals surface area contributed by atoms with E-state index in [1.807, 2.05) is 0 Å². The lowest BCUT2D eigenvalue weighted by molar-refractivity contribution is -0.118. The quantitative estimate of drug-likeness (QED) is 0.584. The summed E-state index contributed by atoms with van der Waals surface area (Å²) in [5.74, 6) is 0.245. The molecule has 0 aliphatic carbocycles. The van der Waals surface area contributed by atoms with Crippen LogP contribution in [0.1, 0.15) is 45.4 Å². The number of carbonyl (C=O) groups is 2. The highest BCUT2D eigenvalue weighted by Gasteiger charge is 2.08. The lowest BCUT2D eigenvalue weighted by atomic mass is 9.93. The molecule has 0 fully saturated rings. The molecule has 13 heavy (non-hydrogen) atoms. The molecule has 1 atom stereocenters. The second kappa shape index (κ2) is 7.77. The SMILES string of the molecule is CCCC(CCC=O)CCC(N)=O. The first kappa shape index (κ1) is 12.1.